The summed E-state index contributed by atoms with van der Waals surface area (Å²) < 4.78 is 37.4. The highest BCUT2D eigenvalue weighted by atomic mass is 19.3. The van der Waals surface area contributed by atoms with Gasteiger partial charge in [-0.25, -0.2) is 13.8 Å². The van der Waals surface area contributed by atoms with E-state index in [0.29, 0.717) is 43.0 Å². The lowest BCUT2D eigenvalue weighted by molar-refractivity contribution is 0.0220. The van der Waals surface area contributed by atoms with Crippen molar-refractivity contribution in [1.29, 1.82) is 0 Å². The zero-order valence-corrected chi connectivity index (χ0v) is 23.1. The van der Waals surface area contributed by atoms with Crippen LogP contribution in [0.3, 0.4) is 0 Å². The highest BCUT2D eigenvalue weighted by Crippen LogP contribution is 2.30. The smallest absolute Gasteiger partial charge is 0.296 e. The lowest BCUT2D eigenvalue weighted by Gasteiger charge is -2.28. The number of nitrogens with one attached hydrogen (secondary N) is 2. The Morgan fingerprint density at radius 2 is 1.88 bits per heavy atom. The van der Waals surface area contributed by atoms with Crippen LogP contribution in [-0.2, 0) is 18.2 Å². The van der Waals surface area contributed by atoms with E-state index < -0.39 is 23.9 Å². The Bertz CT molecular complexity index is 1670. The quantitative estimate of drug-likeness (QED) is 0.283. The zero-order chi connectivity index (χ0) is 28.6. The standard InChI is InChI=1S/C29H31F2N9O/c1-29(2,14-18-8-4-5-9-20(18)19-15-33-39(3)17-19)38-27-35-25(23-16-32-12-13-41-23)36-28(37-27)40-22-11-7-6-10-21(22)34-26(40)24(30)31/h4-11,15,17,23-24,32H,12-14,16H2,1-3H3,(H,35,36,37,38). The fourth-order valence-electron chi connectivity index (χ4n) is 5.15. The third-order valence-corrected chi connectivity index (χ3v) is 6.95. The Morgan fingerprint density at radius 3 is 2.63 bits per heavy atom. The molecule has 1 saturated heterocycles. The number of para-hydroxylation sites is 2. The maximum atomic E-state index is 14.2. The van der Waals surface area contributed by atoms with Gasteiger partial charge < -0.3 is 15.4 Å². The number of rotatable bonds is 8. The summed E-state index contributed by atoms with van der Waals surface area (Å²) in [6, 6.07) is 15.1. The monoisotopic (exact) mass is 559 g/mol. The molecule has 41 heavy (non-hydrogen) atoms. The second-order valence-corrected chi connectivity index (χ2v) is 10.7. The van der Waals surface area contributed by atoms with Crippen LogP contribution < -0.4 is 10.6 Å². The zero-order valence-electron chi connectivity index (χ0n) is 23.1. The molecule has 0 saturated carbocycles. The van der Waals surface area contributed by atoms with Crippen LogP contribution in [0.25, 0.3) is 28.1 Å². The van der Waals surface area contributed by atoms with Gasteiger partial charge in [0.2, 0.25) is 11.9 Å². The van der Waals surface area contributed by atoms with E-state index in [4.69, 9.17) is 9.72 Å². The van der Waals surface area contributed by atoms with E-state index in [1.807, 2.05) is 45.4 Å². The molecule has 0 bridgehead atoms. The summed E-state index contributed by atoms with van der Waals surface area (Å²) >= 11 is 0. The van der Waals surface area contributed by atoms with E-state index in [0.717, 1.165) is 16.7 Å². The number of alkyl halides is 2. The maximum Gasteiger partial charge on any atom is 0.296 e. The lowest BCUT2D eigenvalue weighted by atomic mass is 9.90. The molecule has 12 heteroatoms. The number of aryl methyl sites for hydroxylation is 1. The van der Waals surface area contributed by atoms with Gasteiger partial charge in [0.25, 0.3) is 6.43 Å². The number of morpholine rings is 1. The molecule has 0 radical (unpaired) electrons. The van der Waals surface area contributed by atoms with E-state index in [1.54, 1.807) is 28.9 Å². The molecule has 0 amide bonds. The molecular formula is C29H31F2N9O. The number of nitrogens with zero attached hydrogens (tertiary/aromatic N) is 7. The fourth-order valence-corrected chi connectivity index (χ4v) is 5.15. The summed E-state index contributed by atoms with van der Waals surface area (Å²) in [6.07, 6.45) is 1.18. The first kappa shape index (κ1) is 26.9. The number of imidazole rings is 1. The number of halogens is 2. The number of anilines is 1. The van der Waals surface area contributed by atoms with E-state index in [-0.39, 0.29) is 11.9 Å². The minimum Gasteiger partial charge on any atom is -0.368 e. The van der Waals surface area contributed by atoms with Crippen LogP contribution in [0.5, 0.6) is 0 Å². The molecule has 212 valence electrons. The third-order valence-electron chi connectivity index (χ3n) is 6.95. The molecule has 0 aliphatic carbocycles. The van der Waals surface area contributed by atoms with Crippen molar-refractivity contribution >= 4 is 17.0 Å². The molecule has 1 aliphatic rings. The van der Waals surface area contributed by atoms with Gasteiger partial charge in [0.1, 0.15) is 6.10 Å². The summed E-state index contributed by atoms with van der Waals surface area (Å²) in [6.45, 7) is 5.79. The van der Waals surface area contributed by atoms with Gasteiger partial charge in [-0.05, 0) is 43.5 Å². The fraction of sp³-hybridized carbons (Fsp3) is 0.345. The number of hydrogen-bond acceptors (Lipinski definition) is 8. The van der Waals surface area contributed by atoms with Crippen LogP contribution in [0.4, 0.5) is 14.7 Å². The molecule has 6 rings (SSSR count). The number of aromatic nitrogens is 7. The highest BCUT2D eigenvalue weighted by molar-refractivity contribution is 5.77. The molecule has 3 aromatic heterocycles. The van der Waals surface area contributed by atoms with E-state index in [9.17, 15) is 8.78 Å². The molecule has 0 spiro atoms. The molecule has 1 aliphatic heterocycles. The van der Waals surface area contributed by atoms with Gasteiger partial charge in [0.15, 0.2) is 11.6 Å². The van der Waals surface area contributed by atoms with Crippen molar-refractivity contribution in [3.8, 4) is 17.1 Å². The highest BCUT2D eigenvalue weighted by Gasteiger charge is 2.28. The number of hydrogen-bond donors (Lipinski definition) is 2. The largest absolute Gasteiger partial charge is 0.368 e. The van der Waals surface area contributed by atoms with E-state index >= 15 is 0 Å². The van der Waals surface area contributed by atoms with Gasteiger partial charge in [-0.1, -0.05) is 36.4 Å². The van der Waals surface area contributed by atoms with Crippen LogP contribution in [0.2, 0.25) is 0 Å². The van der Waals surface area contributed by atoms with Crippen molar-refractivity contribution in [3.63, 3.8) is 0 Å². The van der Waals surface area contributed by atoms with E-state index in [2.05, 4.69) is 42.8 Å². The lowest BCUT2D eigenvalue weighted by Crippen LogP contribution is -2.36. The third kappa shape index (κ3) is 5.66. The molecule has 2 aromatic carbocycles. The van der Waals surface area contributed by atoms with Crippen molar-refractivity contribution in [2.45, 2.75) is 38.3 Å². The Hall–Kier alpha value is -4.29. The predicted molar refractivity (Wildman–Crippen MR) is 151 cm³/mol. The molecular weight excluding hydrogens is 528 g/mol. The van der Waals surface area contributed by atoms with Gasteiger partial charge in [-0.2, -0.15) is 20.1 Å². The molecule has 5 aromatic rings. The Morgan fingerprint density at radius 1 is 1.07 bits per heavy atom. The second-order valence-electron chi connectivity index (χ2n) is 10.7. The van der Waals surface area contributed by atoms with Crippen molar-refractivity contribution in [3.05, 3.63) is 78.1 Å². The molecule has 1 atom stereocenters. The predicted octanol–water partition coefficient (Wildman–Crippen LogP) is 4.64. The topological polar surface area (TPSA) is 108 Å². The first-order valence-electron chi connectivity index (χ1n) is 13.5. The summed E-state index contributed by atoms with van der Waals surface area (Å²) in [5.74, 6) is 0.249. The van der Waals surface area contributed by atoms with Crippen molar-refractivity contribution in [2.24, 2.45) is 7.05 Å². The summed E-state index contributed by atoms with van der Waals surface area (Å²) in [4.78, 5) is 18.1. The molecule has 1 unspecified atom stereocenters. The normalized spacial score (nSPS) is 16.0. The van der Waals surface area contributed by atoms with Gasteiger partial charge in [-0.3, -0.25) is 9.25 Å². The van der Waals surface area contributed by atoms with Gasteiger partial charge in [0, 0.05) is 37.4 Å². The van der Waals surface area contributed by atoms with Crippen molar-refractivity contribution in [1.82, 2.24) is 39.6 Å². The Kier molecular flexibility index (Phi) is 7.18. The minimum absolute atomic E-state index is 0.0576. The van der Waals surface area contributed by atoms with Gasteiger partial charge in [-0.15, -0.1) is 0 Å². The first-order valence-corrected chi connectivity index (χ1v) is 13.5. The molecule has 2 N–H and O–H groups in total. The van der Waals surface area contributed by atoms with Crippen LogP contribution in [0.1, 0.15) is 43.6 Å². The minimum atomic E-state index is -2.83. The summed E-state index contributed by atoms with van der Waals surface area (Å²) in [7, 11) is 1.89. The first-order chi connectivity index (χ1) is 19.8. The molecule has 4 heterocycles. The van der Waals surface area contributed by atoms with Crippen LogP contribution in [-0.4, -0.2) is 59.5 Å². The second kappa shape index (κ2) is 10.9. The average Bonchev–Trinajstić information content (AvgIpc) is 3.57. The number of benzene rings is 2. The average molecular weight is 560 g/mol. The van der Waals surface area contributed by atoms with Crippen molar-refractivity contribution in [2.75, 3.05) is 25.0 Å². The molecule has 1 fully saturated rings. The Labute approximate surface area is 235 Å². The summed E-state index contributed by atoms with van der Waals surface area (Å²) in [5.41, 5.74) is 3.62. The number of fused-ring (bicyclic) bond motifs is 1. The SMILES string of the molecule is Cn1cc(-c2ccccc2CC(C)(C)Nc2nc(C3CNCCO3)nc(-n3c(C(F)F)nc4ccccc43)n2)cn1. The maximum absolute atomic E-state index is 14.2. The van der Waals surface area contributed by atoms with Gasteiger partial charge >= 0.3 is 0 Å². The molecule has 10 nitrogen and oxygen atoms in total. The van der Waals surface area contributed by atoms with Crippen LogP contribution >= 0.6 is 0 Å². The summed E-state index contributed by atoms with van der Waals surface area (Å²) in [5, 5.41) is 11.1. The van der Waals surface area contributed by atoms with Gasteiger partial charge in [0.05, 0.1) is 23.8 Å². The Balaban J connectivity index is 1.40. The van der Waals surface area contributed by atoms with E-state index in [1.165, 1.54) is 4.57 Å². The van der Waals surface area contributed by atoms with Crippen molar-refractivity contribution < 1.29 is 13.5 Å². The number of ether oxygens (including phenoxy) is 1. The van der Waals surface area contributed by atoms with Crippen LogP contribution in [0.15, 0.2) is 60.9 Å². The van der Waals surface area contributed by atoms with Crippen LogP contribution in [0, 0.1) is 0 Å².